The Morgan fingerprint density at radius 1 is 1.44 bits per heavy atom. The van der Waals surface area contributed by atoms with Gasteiger partial charge in [-0.1, -0.05) is 0 Å². The monoisotopic (exact) mass is 217 g/mol. The van der Waals surface area contributed by atoms with E-state index in [1.165, 1.54) is 6.20 Å². The summed E-state index contributed by atoms with van der Waals surface area (Å²) >= 11 is 0. The van der Waals surface area contributed by atoms with Crippen LogP contribution in [0.4, 0.5) is 0 Å². The molecule has 0 aliphatic heterocycles. The van der Waals surface area contributed by atoms with E-state index in [0.717, 1.165) is 16.7 Å². The van der Waals surface area contributed by atoms with Gasteiger partial charge in [0.05, 0.1) is 18.2 Å². The number of methoxy groups -OCH3 is 1. The van der Waals surface area contributed by atoms with Gasteiger partial charge in [-0.15, -0.1) is 0 Å². The number of carbonyl (C=O) groups excluding carboxylic acids is 1. The van der Waals surface area contributed by atoms with E-state index >= 15 is 0 Å². The first-order chi connectivity index (χ1) is 7.74. The molecule has 1 amide bonds. The van der Waals surface area contributed by atoms with Crippen molar-refractivity contribution in [2.24, 2.45) is 5.84 Å². The highest BCUT2D eigenvalue weighted by Gasteiger charge is 2.05. The van der Waals surface area contributed by atoms with Gasteiger partial charge in [0.2, 0.25) is 0 Å². The van der Waals surface area contributed by atoms with Gasteiger partial charge in [-0.2, -0.15) is 0 Å². The highest BCUT2D eigenvalue weighted by atomic mass is 16.5. The van der Waals surface area contributed by atoms with Crippen molar-refractivity contribution in [3.8, 4) is 5.75 Å². The molecule has 0 saturated heterocycles. The van der Waals surface area contributed by atoms with Gasteiger partial charge in [0.1, 0.15) is 5.75 Å². The van der Waals surface area contributed by atoms with Gasteiger partial charge >= 0.3 is 0 Å². The van der Waals surface area contributed by atoms with Crippen molar-refractivity contribution in [1.82, 2.24) is 10.4 Å². The number of hydrogen-bond donors (Lipinski definition) is 2. The Balaban J connectivity index is 2.51. The Morgan fingerprint density at radius 2 is 2.25 bits per heavy atom. The highest BCUT2D eigenvalue weighted by Crippen LogP contribution is 2.19. The van der Waals surface area contributed by atoms with Gasteiger partial charge in [0.25, 0.3) is 5.91 Å². The lowest BCUT2D eigenvalue weighted by Gasteiger charge is -2.03. The van der Waals surface area contributed by atoms with Gasteiger partial charge in [0, 0.05) is 17.6 Å². The van der Waals surface area contributed by atoms with Crippen LogP contribution in [0.25, 0.3) is 10.9 Å². The third kappa shape index (κ3) is 1.80. The van der Waals surface area contributed by atoms with E-state index in [2.05, 4.69) is 10.4 Å². The summed E-state index contributed by atoms with van der Waals surface area (Å²) in [7, 11) is 1.59. The lowest BCUT2D eigenvalue weighted by atomic mass is 10.1. The molecule has 0 unspecified atom stereocenters. The molecule has 1 heterocycles. The summed E-state index contributed by atoms with van der Waals surface area (Å²) in [5.74, 6) is 5.42. The Hall–Kier alpha value is -2.14. The Labute approximate surface area is 92.2 Å². The number of nitrogens with one attached hydrogen (secondary N) is 1. The first-order valence-corrected chi connectivity index (χ1v) is 4.69. The summed E-state index contributed by atoms with van der Waals surface area (Å²) in [5, 5.41) is 0.863. The number of ether oxygens (including phenoxy) is 1. The summed E-state index contributed by atoms with van der Waals surface area (Å²) in [6.07, 6.45) is 1.48. The number of carbonyl (C=O) groups is 1. The molecule has 5 nitrogen and oxygen atoms in total. The average molecular weight is 217 g/mol. The average Bonchev–Trinajstić information content (AvgIpc) is 2.36. The molecule has 0 bridgehead atoms. The maximum absolute atomic E-state index is 11.3. The third-order valence-corrected chi connectivity index (χ3v) is 2.28. The number of aromatic nitrogens is 1. The number of hydrazine groups is 1. The molecule has 82 valence electrons. The minimum atomic E-state index is -0.356. The van der Waals surface area contributed by atoms with Crippen LogP contribution in [0.1, 0.15) is 10.4 Å². The molecule has 0 saturated carbocycles. The molecule has 3 N–H and O–H groups in total. The van der Waals surface area contributed by atoms with E-state index in [-0.39, 0.29) is 5.91 Å². The maximum atomic E-state index is 11.3. The molecule has 0 aliphatic rings. The summed E-state index contributed by atoms with van der Waals surface area (Å²) in [6, 6.07) is 7.19. The van der Waals surface area contributed by atoms with E-state index < -0.39 is 0 Å². The minimum Gasteiger partial charge on any atom is -0.497 e. The first-order valence-electron chi connectivity index (χ1n) is 4.69. The van der Waals surface area contributed by atoms with Crippen molar-refractivity contribution >= 4 is 16.8 Å². The molecular weight excluding hydrogens is 206 g/mol. The van der Waals surface area contributed by atoms with Crippen molar-refractivity contribution < 1.29 is 9.53 Å². The van der Waals surface area contributed by atoms with Crippen LogP contribution in [0.5, 0.6) is 5.75 Å². The number of amides is 1. The van der Waals surface area contributed by atoms with Crippen molar-refractivity contribution in [3.05, 3.63) is 36.0 Å². The quantitative estimate of drug-likeness (QED) is 0.444. The second kappa shape index (κ2) is 4.16. The second-order valence-corrected chi connectivity index (χ2v) is 3.26. The minimum absolute atomic E-state index is 0.356. The molecule has 5 heteroatoms. The fourth-order valence-electron chi connectivity index (χ4n) is 1.44. The van der Waals surface area contributed by atoms with E-state index in [0.29, 0.717) is 5.56 Å². The number of rotatable bonds is 2. The van der Waals surface area contributed by atoms with Crippen molar-refractivity contribution in [2.45, 2.75) is 0 Å². The largest absolute Gasteiger partial charge is 0.497 e. The summed E-state index contributed by atoms with van der Waals surface area (Å²) in [6.45, 7) is 0. The van der Waals surface area contributed by atoms with E-state index in [9.17, 15) is 4.79 Å². The Kier molecular flexibility index (Phi) is 2.70. The van der Waals surface area contributed by atoms with E-state index in [1.807, 2.05) is 12.1 Å². The number of benzene rings is 1. The number of nitrogens with zero attached hydrogens (tertiary/aromatic N) is 1. The van der Waals surface area contributed by atoms with Crippen LogP contribution in [0.3, 0.4) is 0 Å². The molecule has 0 radical (unpaired) electrons. The Bertz CT molecular complexity index is 540. The lowest BCUT2D eigenvalue weighted by molar-refractivity contribution is 0.0953. The Morgan fingerprint density at radius 3 is 2.94 bits per heavy atom. The number of nitrogens with two attached hydrogens (primary N) is 1. The molecule has 1 aromatic heterocycles. The van der Waals surface area contributed by atoms with Crippen molar-refractivity contribution in [3.63, 3.8) is 0 Å². The van der Waals surface area contributed by atoms with Crippen LogP contribution in [-0.4, -0.2) is 18.0 Å². The number of pyridine rings is 1. The normalized spacial score (nSPS) is 10.1. The maximum Gasteiger partial charge on any atom is 0.266 e. The molecule has 2 aromatic rings. The standard InChI is InChI=1S/C11H11N3O2/c1-16-9-3-2-7-4-8(11(15)14-12)6-13-10(7)5-9/h2-6H,12H2,1H3,(H,14,15). The van der Waals surface area contributed by atoms with Gasteiger partial charge in [0.15, 0.2) is 0 Å². The molecule has 16 heavy (non-hydrogen) atoms. The third-order valence-electron chi connectivity index (χ3n) is 2.28. The summed E-state index contributed by atoms with van der Waals surface area (Å²) in [4.78, 5) is 15.4. The lowest BCUT2D eigenvalue weighted by Crippen LogP contribution is -2.30. The van der Waals surface area contributed by atoms with Gasteiger partial charge in [-0.3, -0.25) is 15.2 Å². The van der Waals surface area contributed by atoms with Gasteiger partial charge < -0.3 is 4.74 Å². The van der Waals surface area contributed by atoms with Gasteiger partial charge in [-0.25, -0.2) is 5.84 Å². The zero-order valence-electron chi connectivity index (χ0n) is 8.73. The second-order valence-electron chi connectivity index (χ2n) is 3.26. The molecular formula is C11H11N3O2. The topological polar surface area (TPSA) is 77.2 Å². The molecule has 2 rings (SSSR count). The van der Waals surface area contributed by atoms with Crippen LogP contribution < -0.4 is 16.0 Å². The van der Waals surface area contributed by atoms with E-state index in [4.69, 9.17) is 10.6 Å². The van der Waals surface area contributed by atoms with Crippen molar-refractivity contribution in [1.29, 1.82) is 0 Å². The van der Waals surface area contributed by atoms with Crippen LogP contribution in [0, 0.1) is 0 Å². The van der Waals surface area contributed by atoms with Crippen LogP contribution >= 0.6 is 0 Å². The predicted molar refractivity (Wildman–Crippen MR) is 59.9 cm³/mol. The van der Waals surface area contributed by atoms with Crippen molar-refractivity contribution in [2.75, 3.05) is 7.11 Å². The molecule has 1 aromatic carbocycles. The van der Waals surface area contributed by atoms with Gasteiger partial charge in [-0.05, 0) is 18.2 Å². The molecule has 0 spiro atoms. The number of hydrogen-bond acceptors (Lipinski definition) is 4. The fraction of sp³-hybridized carbons (Fsp3) is 0.0909. The molecule has 0 atom stereocenters. The summed E-state index contributed by atoms with van der Waals surface area (Å²) in [5.41, 5.74) is 3.27. The first kappa shape index (κ1) is 10.4. The molecule has 0 fully saturated rings. The predicted octanol–water partition coefficient (Wildman–Crippen LogP) is 0.847. The highest BCUT2D eigenvalue weighted by molar-refractivity contribution is 5.97. The summed E-state index contributed by atoms with van der Waals surface area (Å²) < 4.78 is 5.08. The van der Waals surface area contributed by atoms with E-state index in [1.54, 1.807) is 19.2 Å². The number of nitrogen functional groups attached to an aromatic ring is 1. The van der Waals surface area contributed by atoms with Crippen LogP contribution in [-0.2, 0) is 0 Å². The zero-order chi connectivity index (χ0) is 11.5. The SMILES string of the molecule is COc1ccc2cc(C(=O)NN)cnc2c1. The number of fused-ring (bicyclic) bond motifs is 1. The zero-order valence-corrected chi connectivity index (χ0v) is 8.73. The van der Waals surface area contributed by atoms with Crippen LogP contribution in [0.15, 0.2) is 30.5 Å². The smallest absolute Gasteiger partial charge is 0.266 e. The molecule has 0 aliphatic carbocycles. The fourth-order valence-corrected chi connectivity index (χ4v) is 1.44. The van der Waals surface area contributed by atoms with Crippen LogP contribution in [0.2, 0.25) is 0 Å².